The van der Waals surface area contributed by atoms with E-state index in [1.165, 1.54) is 25.7 Å². The summed E-state index contributed by atoms with van der Waals surface area (Å²) in [6.45, 7) is 1.07. The average molecular weight is 220 g/mol. The van der Waals surface area contributed by atoms with Crippen LogP contribution in [0.3, 0.4) is 0 Å². The van der Waals surface area contributed by atoms with Crippen molar-refractivity contribution in [3.8, 4) is 0 Å². The zero-order chi connectivity index (χ0) is 11.5. The van der Waals surface area contributed by atoms with Gasteiger partial charge in [-0.2, -0.15) is 0 Å². The smallest absolute Gasteiger partial charge is 0.149 e. The monoisotopic (exact) mass is 220 g/mol. The SMILES string of the molecule is CN(CC1CCCC1)c1ccc(N)c(N)n1. The molecule has 1 fully saturated rings. The molecule has 1 saturated carbocycles. The molecule has 16 heavy (non-hydrogen) atoms. The van der Waals surface area contributed by atoms with Gasteiger partial charge in [0.05, 0.1) is 5.69 Å². The maximum Gasteiger partial charge on any atom is 0.149 e. The molecule has 4 heteroatoms. The average Bonchev–Trinajstić information content (AvgIpc) is 2.74. The molecule has 0 atom stereocenters. The van der Waals surface area contributed by atoms with Crippen molar-refractivity contribution >= 4 is 17.3 Å². The van der Waals surface area contributed by atoms with E-state index >= 15 is 0 Å². The minimum absolute atomic E-state index is 0.427. The van der Waals surface area contributed by atoms with Crippen molar-refractivity contribution in [2.75, 3.05) is 30.0 Å². The summed E-state index contributed by atoms with van der Waals surface area (Å²) in [5, 5.41) is 0. The molecule has 0 radical (unpaired) electrons. The molecule has 0 spiro atoms. The second-order valence-corrected chi connectivity index (χ2v) is 4.67. The van der Waals surface area contributed by atoms with Gasteiger partial charge in [-0.05, 0) is 30.9 Å². The van der Waals surface area contributed by atoms with Crippen molar-refractivity contribution < 1.29 is 0 Å². The van der Waals surface area contributed by atoms with Gasteiger partial charge in [-0.3, -0.25) is 0 Å². The molecule has 0 bridgehead atoms. The lowest BCUT2D eigenvalue weighted by Gasteiger charge is -2.22. The molecule has 1 aromatic heterocycles. The Morgan fingerprint density at radius 3 is 2.62 bits per heavy atom. The van der Waals surface area contributed by atoms with Crippen LogP contribution >= 0.6 is 0 Å². The fraction of sp³-hybridized carbons (Fsp3) is 0.583. The number of nitrogens with zero attached hydrogens (tertiary/aromatic N) is 2. The molecule has 0 unspecified atom stereocenters. The topological polar surface area (TPSA) is 68.2 Å². The number of aromatic nitrogens is 1. The highest BCUT2D eigenvalue weighted by Crippen LogP contribution is 2.27. The Kier molecular flexibility index (Phi) is 3.17. The number of hydrogen-bond acceptors (Lipinski definition) is 4. The van der Waals surface area contributed by atoms with Gasteiger partial charge in [0.15, 0.2) is 0 Å². The first-order valence-electron chi connectivity index (χ1n) is 5.90. The Bertz CT molecular complexity index is 358. The normalized spacial score (nSPS) is 16.6. The number of rotatable bonds is 3. The first kappa shape index (κ1) is 11.0. The molecule has 0 aliphatic heterocycles. The molecular weight excluding hydrogens is 200 g/mol. The third-order valence-electron chi connectivity index (χ3n) is 3.34. The minimum atomic E-state index is 0.427. The van der Waals surface area contributed by atoms with Crippen LogP contribution < -0.4 is 16.4 Å². The highest BCUT2D eigenvalue weighted by Gasteiger charge is 2.17. The first-order chi connectivity index (χ1) is 7.66. The van der Waals surface area contributed by atoms with Gasteiger partial charge in [-0.25, -0.2) is 4.98 Å². The van der Waals surface area contributed by atoms with Crippen molar-refractivity contribution in [2.24, 2.45) is 5.92 Å². The molecule has 4 N–H and O–H groups in total. The van der Waals surface area contributed by atoms with Crippen LogP contribution in [0, 0.1) is 5.92 Å². The van der Waals surface area contributed by atoms with Gasteiger partial charge in [0.2, 0.25) is 0 Å². The van der Waals surface area contributed by atoms with E-state index in [0.29, 0.717) is 11.5 Å². The molecule has 4 nitrogen and oxygen atoms in total. The van der Waals surface area contributed by atoms with Crippen molar-refractivity contribution in [1.29, 1.82) is 0 Å². The Labute approximate surface area is 96.6 Å². The van der Waals surface area contributed by atoms with Gasteiger partial charge in [-0.15, -0.1) is 0 Å². The third-order valence-corrected chi connectivity index (χ3v) is 3.34. The first-order valence-corrected chi connectivity index (χ1v) is 5.90. The molecular formula is C12H20N4. The zero-order valence-electron chi connectivity index (χ0n) is 9.82. The van der Waals surface area contributed by atoms with Gasteiger partial charge in [-0.1, -0.05) is 12.8 Å². The Balaban J connectivity index is 2.02. The highest BCUT2D eigenvalue weighted by atomic mass is 15.2. The number of nitrogens with two attached hydrogens (primary N) is 2. The van der Waals surface area contributed by atoms with Crippen molar-refractivity contribution in [3.63, 3.8) is 0 Å². The predicted octanol–water partition coefficient (Wildman–Crippen LogP) is 1.87. The van der Waals surface area contributed by atoms with E-state index in [1.807, 2.05) is 12.1 Å². The Hall–Kier alpha value is -1.45. The second kappa shape index (κ2) is 4.60. The lowest BCUT2D eigenvalue weighted by Crippen LogP contribution is -2.25. The maximum absolute atomic E-state index is 5.70. The van der Waals surface area contributed by atoms with E-state index in [4.69, 9.17) is 11.5 Å². The van der Waals surface area contributed by atoms with Crippen LogP contribution in [0.1, 0.15) is 25.7 Å². The molecule has 1 aliphatic rings. The van der Waals surface area contributed by atoms with Crippen LogP contribution in [0.2, 0.25) is 0 Å². The Morgan fingerprint density at radius 2 is 2.00 bits per heavy atom. The summed E-state index contributed by atoms with van der Waals surface area (Å²) in [5.41, 5.74) is 11.9. The summed E-state index contributed by atoms with van der Waals surface area (Å²) in [6, 6.07) is 3.75. The van der Waals surface area contributed by atoms with E-state index in [9.17, 15) is 0 Å². The largest absolute Gasteiger partial charge is 0.396 e. The second-order valence-electron chi connectivity index (χ2n) is 4.67. The van der Waals surface area contributed by atoms with E-state index in [-0.39, 0.29) is 0 Å². The van der Waals surface area contributed by atoms with E-state index in [1.54, 1.807) is 0 Å². The third kappa shape index (κ3) is 2.38. The van der Waals surface area contributed by atoms with E-state index < -0.39 is 0 Å². The quantitative estimate of drug-likeness (QED) is 0.816. The summed E-state index contributed by atoms with van der Waals surface area (Å²) < 4.78 is 0. The molecule has 2 rings (SSSR count). The number of anilines is 3. The molecule has 88 valence electrons. The zero-order valence-corrected chi connectivity index (χ0v) is 9.82. The number of hydrogen-bond donors (Lipinski definition) is 2. The van der Waals surface area contributed by atoms with Gasteiger partial charge < -0.3 is 16.4 Å². The molecule has 0 aromatic carbocycles. The van der Waals surface area contributed by atoms with Crippen LogP contribution in [0.25, 0.3) is 0 Å². The van der Waals surface area contributed by atoms with Crippen LogP contribution in [0.4, 0.5) is 17.3 Å². The van der Waals surface area contributed by atoms with E-state index in [2.05, 4.69) is 16.9 Å². The summed E-state index contributed by atoms with van der Waals surface area (Å²) in [6.07, 6.45) is 5.43. The molecule has 1 aliphatic carbocycles. The number of nitrogen functional groups attached to an aromatic ring is 2. The fourth-order valence-corrected chi connectivity index (χ4v) is 2.36. The van der Waals surface area contributed by atoms with Crippen molar-refractivity contribution in [1.82, 2.24) is 4.98 Å². The Morgan fingerprint density at radius 1 is 1.31 bits per heavy atom. The van der Waals surface area contributed by atoms with E-state index in [0.717, 1.165) is 18.3 Å². The summed E-state index contributed by atoms with van der Waals surface area (Å²) in [4.78, 5) is 6.47. The predicted molar refractivity (Wildman–Crippen MR) is 68.3 cm³/mol. The fourth-order valence-electron chi connectivity index (χ4n) is 2.36. The van der Waals surface area contributed by atoms with Crippen LogP contribution in [0.5, 0.6) is 0 Å². The number of pyridine rings is 1. The molecule has 1 aromatic rings. The highest BCUT2D eigenvalue weighted by molar-refractivity contribution is 5.62. The van der Waals surface area contributed by atoms with Gasteiger partial charge in [0.25, 0.3) is 0 Å². The van der Waals surface area contributed by atoms with Crippen LogP contribution in [0.15, 0.2) is 12.1 Å². The lowest BCUT2D eigenvalue weighted by molar-refractivity contribution is 0.545. The molecule has 0 saturated heterocycles. The summed E-state index contributed by atoms with van der Waals surface area (Å²) in [5.74, 6) is 2.15. The lowest BCUT2D eigenvalue weighted by atomic mass is 10.1. The van der Waals surface area contributed by atoms with Crippen LogP contribution in [-0.4, -0.2) is 18.6 Å². The summed E-state index contributed by atoms with van der Waals surface area (Å²) >= 11 is 0. The van der Waals surface area contributed by atoms with Crippen molar-refractivity contribution in [3.05, 3.63) is 12.1 Å². The van der Waals surface area contributed by atoms with Gasteiger partial charge >= 0.3 is 0 Å². The summed E-state index contributed by atoms with van der Waals surface area (Å²) in [7, 11) is 2.07. The van der Waals surface area contributed by atoms with Gasteiger partial charge in [0.1, 0.15) is 11.6 Å². The van der Waals surface area contributed by atoms with Crippen LogP contribution in [-0.2, 0) is 0 Å². The molecule has 0 amide bonds. The standard InChI is InChI=1S/C12H20N4/c1-16(8-9-4-2-3-5-9)11-7-6-10(13)12(14)15-11/h6-7,9H,2-5,8,13H2,1H3,(H2,14,15). The van der Waals surface area contributed by atoms with Crippen molar-refractivity contribution in [2.45, 2.75) is 25.7 Å². The minimum Gasteiger partial charge on any atom is -0.396 e. The maximum atomic E-state index is 5.70. The molecule has 1 heterocycles. The van der Waals surface area contributed by atoms with Gasteiger partial charge in [0, 0.05) is 13.6 Å².